The molecule has 6 heteroatoms. The number of rotatable bonds is 6. The number of aromatic amines is 1. The van der Waals surface area contributed by atoms with E-state index in [0.717, 1.165) is 43.6 Å². The summed E-state index contributed by atoms with van der Waals surface area (Å²) in [4.78, 5) is 15.1. The van der Waals surface area contributed by atoms with Crippen molar-refractivity contribution in [1.82, 2.24) is 20.4 Å². The van der Waals surface area contributed by atoms with Gasteiger partial charge in [-0.2, -0.15) is 5.10 Å². The van der Waals surface area contributed by atoms with Crippen LogP contribution >= 0.6 is 0 Å². The number of nitrogens with zero attached hydrogens (tertiary/aromatic N) is 2. The molecule has 1 unspecified atom stereocenters. The van der Waals surface area contributed by atoms with E-state index in [-0.39, 0.29) is 5.91 Å². The summed E-state index contributed by atoms with van der Waals surface area (Å²) in [5.41, 5.74) is 1.44. The van der Waals surface area contributed by atoms with Crippen molar-refractivity contribution in [2.45, 2.75) is 26.3 Å². The molecule has 3 rings (SSSR count). The molecule has 6 nitrogen and oxygen atoms in total. The minimum atomic E-state index is -0.0492. The van der Waals surface area contributed by atoms with Crippen LogP contribution < -0.4 is 5.32 Å². The number of fused-ring (bicyclic) bond motifs is 1. The lowest BCUT2D eigenvalue weighted by atomic mass is 10.0. The van der Waals surface area contributed by atoms with Gasteiger partial charge in [0.25, 0.3) is 5.91 Å². The summed E-state index contributed by atoms with van der Waals surface area (Å²) >= 11 is 0. The number of aromatic nitrogens is 2. The molecule has 1 fully saturated rings. The van der Waals surface area contributed by atoms with Gasteiger partial charge in [-0.25, -0.2) is 0 Å². The number of para-hydroxylation sites is 1. The third kappa shape index (κ3) is 3.94. The predicted octanol–water partition coefficient (Wildman–Crippen LogP) is 2.04. The number of morpholine rings is 1. The fraction of sp³-hybridized carbons (Fsp3) is 0.556. The number of benzene rings is 1. The largest absolute Gasteiger partial charge is 0.379 e. The van der Waals surface area contributed by atoms with Crippen LogP contribution in [0, 0.1) is 5.92 Å². The summed E-state index contributed by atoms with van der Waals surface area (Å²) in [6.45, 7) is 8.52. The third-order valence-electron chi connectivity index (χ3n) is 4.53. The van der Waals surface area contributed by atoms with Crippen LogP contribution in [0.3, 0.4) is 0 Å². The van der Waals surface area contributed by atoms with Crippen molar-refractivity contribution in [3.8, 4) is 0 Å². The van der Waals surface area contributed by atoms with Crippen molar-refractivity contribution >= 4 is 16.8 Å². The molecule has 0 saturated carbocycles. The number of carbonyl (C=O) groups excluding carboxylic acids is 1. The van der Waals surface area contributed by atoms with Gasteiger partial charge in [0.1, 0.15) is 0 Å². The fourth-order valence-corrected chi connectivity index (χ4v) is 3.31. The van der Waals surface area contributed by atoms with Gasteiger partial charge in [-0.1, -0.05) is 26.0 Å². The topological polar surface area (TPSA) is 70.2 Å². The minimum absolute atomic E-state index is 0.0492. The van der Waals surface area contributed by atoms with E-state index >= 15 is 0 Å². The quantitative estimate of drug-likeness (QED) is 0.850. The Morgan fingerprint density at radius 3 is 2.92 bits per heavy atom. The molecule has 1 aliphatic rings. The van der Waals surface area contributed by atoms with Gasteiger partial charge in [0.05, 0.1) is 30.5 Å². The highest BCUT2D eigenvalue weighted by molar-refractivity contribution is 6.05. The molecule has 1 aliphatic heterocycles. The van der Waals surface area contributed by atoms with Crippen molar-refractivity contribution in [3.63, 3.8) is 0 Å². The number of nitrogens with one attached hydrogen (secondary N) is 2. The van der Waals surface area contributed by atoms with E-state index < -0.39 is 0 Å². The van der Waals surface area contributed by atoms with Gasteiger partial charge in [-0.05, 0) is 18.4 Å². The predicted molar refractivity (Wildman–Crippen MR) is 94.1 cm³/mol. The second kappa shape index (κ2) is 7.77. The van der Waals surface area contributed by atoms with E-state index in [4.69, 9.17) is 4.74 Å². The van der Waals surface area contributed by atoms with Crippen molar-refractivity contribution in [3.05, 3.63) is 30.0 Å². The second-order valence-corrected chi connectivity index (χ2v) is 6.78. The Morgan fingerprint density at radius 2 is 2.17 bits per heavy atom. The molecule has 24 heavy (non-hydrogen) atoms. The Balaban J connectivity index is 1.67. The molecule has 0 spiro atoms. The van der Waals surface area contributed by atoms with E-state index in [0.29, 0.717) is 24.1 Å². The van der Waals surface area contributed by atoms with Crippen LogP contribution in [0.15, 0.2) is 24.4 Å². The van der Waals surface area contributed by atoms with Gasteiger partial charge in [0.2, 0.25) is 0 Å². The molecule has 0 bridgehead atoms. The molecule has 130 valence electrons. The fourth-order valence-electron chi connectivity index (χ4n) is 3.31. The van der Waals surface area contributed by atoms with E-state index in [9.17, 15) is 4.79 Å². The molecule has 1 atom stereocenters. The first-order valence-corrected chi connectivity index (χ1v) is 8.67. The van der Waals surface area contributed by atoms with Crippen LogP contribution in [-0.2, 0) is 4.74 Å². The molecule has 1 aromatic carbocycles. The van der Waals surface area contributed by atoms with E-state index in [1.165, 1.54) is 0 Å². The van der Waals surface area contributed by atoms with Crippen LogP contribution in [0.1, 0.15) is 30.6 Å². The summed E-state index contributed by atoms with van der Waals surface area (Å²) in [6.07, 6.45) is 2.80. The highest BCUT2D eigenvalue weighted by Crippen LogP contribution is 2.16. The highest BCUT2D eigenvalue weighted by Gasteiger charge is 2.23. The standard InChI is InChI=1S/C18H26N4O2/c1-13(2)10-15(22-6-8-24-9-7-22)12-19-18(23)16-5-3-4-14-11-20-21-17(14)16/h3-5,11,13,15H,6-10,12H2,1-2H3,(H,19,23)(H,20,21). The number of ether oxygens (including phenoxy) is 1. The van der Waals surface area contributed by atoms with E-state index in [2.05, 4.69) is 34.3 Å². The molecule has 0 aliphatic carbocycles. The van der Waals surface area contributed by atoms with E-state index in [1.807, 2.05) is 18.2 Å². The number of hydrogen-bond acceptors (Lipinski definition) is 4. The smallest absolute Gasteiger partial charge is 0.253 e. The third-order valence-corrected chi connectivity index (χ3v) is 4.53. The normalized spacial score (nSPS) is 17.3. The van der Waals surface area contributed by atoms with Crippen molar-refractivity contribution in [1.29, 1.82) is 0 Å². The Labute approximate surface area is 142 Å². The molecular weight excluding hydrogens is 304 g/mol. The molecule has 1 saturated heterocycles. The maximum Gasteiger partial charge on any atom is 0.253 e. The summed E-state index contributed by atoms with van der Waals surface area (Å²) in [5, 5.41) is 11.0. The average molecular weight is 330 g/mol. The zero-order chi connectivity index (χ0) is 16.9. The summed E-state index contributed by atoms with van der Waals surface area (Å²) in [7, 11) is 0. The van der Waals surface area contributed by atoms with Crippen LogP contribution in [-0.4, -0.2) is 59.9 Å². The minimum Gasteiger partial charge on any atom is -0.379 e. The Hall–Kier alpha value is -1.92. The molecule has 2 heterocycles. The lowest BCUT2D eigenvalue weighted by molar-refractivity contribution is 0.0124. The molecule has 2 aromatic rings. The Kier molecular flexibility index (Phi) is 5.48. The molecule has 1 amide bonds. The van der Waals surface area contributed by atoms with Gasteiger partial charge >= 0.3 is 0 Å². The first kappa shape index (κ1) is 16.9. The number of H-pyrrole nitrogens is 1. The van der Waals surface area contributed by atoms with Crippen LogP contribution in [0.2, 0.25) is 0 Å². The van der Waals surface area contributed by atoms with Gasteiger partial charge in [0.15, 0.2) is 0 Å². The molecular formula is C18H26N4O2. The second-order valence-electron chi connectivity index (χ2n) is 6.78. The lowest BCUT2D eigenvalue weighted by Crippen LogP contribution is -2.49. The van der Waals surface area contributed by atoms with Crippen LogP contribution in [0.4, 0.5) is 0 Å². The van der Waals surface area contributed by atoms with Crippen LogP contribution in [0.5, 0.6) is 0 Å². The summed E-state index contributed by atoms with van der Waals surface area (Å²) in [5.74, 6) is 0.539. The SMILES string of the molecule is CC(C)CC(CNC(=O)c1cccc2cn[nH]c12)N1CCOCC1. The van der Waals surface area contributed by atoms with Gasteiger partial charge < -0.3 is 10.1 Å². The monoisotopic (exact) mass is 330 g/mol. The van der Waals surface area contributed by atoms with Gasteiger partial charge in [0, 0.05) is 31.1 Å². The molecule has 0 radical (unpaired) electrons. The first-order chi connectivity index (χ1) is 11.6. The zero-order valence-electron chi connectivity index (χ0n) is 14.4. The average Bonchev–Trinajstić information content (AvgIpc) is 3.07. The van der Waals surface area contributed by atoms with E-state index in [1.54, 1.807) is 6.20 Å². The van der Waals surface area contributed by atoms with Crippen molar-refractivity contribution in [2.24, 2.45) is 5.92 Å². The first-order valence-electron chi connectivity index (χ1n) is 8.67. The zero-order valence-corrected chi connectivity index (χ0v) is 14.4. The van der Waals surface area contributed by atoms with Crippen molar-refractivity contribution < 1.29 is 9.53 Å². The number of carbonyl (C=O) groups is 1. The van der Waals surface area contributed by atoms with Crippen molar-refractivity contribution in [2.75, 3.05) is 32.8 Å². The molecule has 1 aromatic heterocycles. The summed E-state index contributed by atoms with van der Waals surface area (Å²) < 4.78 is 5.45. The Morgan fingerprint density at radius 1 is 1.38 bits per heavy atom. The highest BCUT2D eigenvalue weighted by atomic mass is 16.5. The van der Waals surface area contributed by atoms with Gasteiger partial charge in [-0.3, -0.25) is 14.8 Å². The Bertz CT molecular complexity index is 676. The lowest BCUT2D eigenvalue weighted by Gasteiger charge is -2.35. The maximum absolute atomic E-state index is 12.6. The molecule has 2 N–H and O–H groups in total. The number of hydrogen-bond donors (Lipinski definition) is 2. The number of amides is 1. The van der Waals surface area contributed by atoms with Gasteiger partial charge in [-0.15, -0.1) is 0 Å². The van der Waals surface area contributed by atoms with Crippen LogP contribution in [0.25, 0.3) is 10.9 Å². The maximum atomic E-state index is 12.6. The summed E-state index contributed by atoms with van der Waals surface area (Å²) in [6, 6.07) is 6.02.